The van der Waals surface area contributed by atoms with Crippen molar-refractivity contribution in [3.05, 3.63) is 77.0 Å². The molecule has 2 N–H and O–H groups in total. The van der Waals surface area contributed by atoms with E-state index >= 15 is 0 Å². The number of ether oxygens (including phenoxy) is 2. The maximum atomic E-state index is 13.0. The molecule has 0 aliphatic carbocycles. The first kappa shape index (κ1) is 23.6. The molecule has 0 radical (unpaired) electrons. The van der Waals surface area contributed by atoms with E-state index in [1.165, 1.54) is 12.1 Å². The first-order valence-corrected chi connectivity index (χ1v) is 11.7. The molecule has 2 unspecified atom stereocenters. The van der Waals surface area contributed by atoms with Gasteiger partial charge in [-0.2, -0.15) is 13.2 Å². The smallest absolute Gasteiger partial charge is 0.416 e. The minimum atomic E-state index is -4.32. The van der Waals surface area contributed by atoms with Crippen molar-refractivity contribution in [2.45, 2.75) is 37.8 Å². The van der Waals surface area contributed by atoms with E-state index in [-0.39, 0.29) is 12.2 Å². The molecule has 35 heavy (non-hydrogen) atoms. The van der Waals surface area contributed by atoms with Crippen LogP contribution in [0.25, 0.3) is 0 Å². The van der Waals surface area contributed by atoms with Gasteiger partial charge in [0, 0.05) is 30.9 Å². The summed E-state index contributed by atoms with van der Waals surface area (Å²) in [5.41, 5.74) is 2.53. The van der Waals surface area contributed by atoms with E-state index in [4.69, 9.17) is 9.47 Å². The van der Waals surface area contributed by atoms with Gasteiger partial charge in [0.15, 0.2) is 11.5 Å². The van der Waals surface area contributed by atoms with Crippen molar-refractivity contribution in [1.82, 2.24) is 14.8 Å². The third-order valence-electron chi connectivity index (χ3n) is 6.89. The minimum Gasteiger partial charge on any atom is -0.493 e. The zero-order valence-electron chi connectivity index (χ0n) is 19.7. The van der Waals surface area contributed by atoms with Crippen LogP contribution in [0.2, 0.25) is 0 Å². The van der Waals surface area contributed by atoms with Crippen LogP contribution in [0.5, 0.6) is 11.5 Å². The van der Waals surface area contributed by atoms with Crippen molar-refractivity contribution in [2.24, 2.45) is 0 Å². The number of halogens is 3. The van der Waals surface area contributed by atoms with Crippen molar-refractivity contribution in [2.75, 3.05) is 32.7 Å². The van der Waals surface area contributed by atoms with Crippen LogP contribution in [0.15, 0.2) is 54.7 Å². The Morgan fingerprint density at radius 2 is 1.77 bits per heavy atom. The van der Waals surface area contributed by atoms with Gasteiger partial charge in [0.1, 0.15) is 5.82 Å². The second kappa shape index (κ2) is 9.47. The number of likely N-dealkylation sites (tertiary alicyclic amines) is 1. The number of methoxy groups -OCH3 is 2. The van der Waals surface area contributed by atoms with Crippen LogP contribution >= 0.6 is 0 Å². The molecule has 9 heteroatoms. The normalized spacial score (nSPS) is 20.4. The van der Waals surface area contributed by atoms with Crippen LogP contribution in [0.1, 0.15) is 47.3 Å². The molecule has 2 aliphatic heterocycles. The van der Waals surface area contributed by atoms with Gasteiger partial charge in [0.25, 0.3) is 0 Å². The van der Waals surface area contributed by atoms with E-state index in [0.29, 0.717) is 24.7 Å². The molecule has 2 atom stereocenters. The molecule has 3 aromatic rings. The summed E-state index contributed by atoms with van der Waals surface area (Å²) in [5, 5.41) is 7.01. The zero-order valence-corrected chi connectivity index (χ0v) is 19.7. The Balaban J connectivity index is 1.38. The van der Waals surface area contributed by atoms with E-state index in [1.807, 2.05) is 18.2 Å². The van der Waals surface area contributed by atoms with Crippen molar-refractivity contribution in [3.63, 3.8) is 0 Å². The lowest BCUT2D eigenvalue weighted by Gasteiger charge is -2.37. The Bertz CT molecular complexity index is 1180. The molecular formula is C26H29F3N4O2. The third-order valence-corrected chi connectivity index (χ3v) is 6.89. The first-order valence-electron chi connectivity index (χ1n) is 11.7. The van der Waals surface area contributed by atoms with Gasteiger partial charge in [-0.3, -0.25) is 10.2 Å². The molecule has 1 aromatic heterocycles. The van der Waals surface area contributed by atoms with Crippen LogP contribution < -0.4 is 20.1 Å². The van der Waals surface area contributed by atoms with E-state index in [1.54, 1.807) is 26.4 Å². The van der Waals surface area contributed by atoms with E-state index in [2.05, 4.69) is 32.4 Å². The molecule has 0 bridgehead atoms. The second-order valence-electron chi connectivity index (χ2n) is 8.91. The fraction of sp³-hybridized carbons (Fsp3) is 0.385. The fourth-order valence-electron chi connectivity index (χ4n) is 5.21. The van der Waals surface area contributed by atoms with Crippen LogP contribution in [0, 0.1) is 0 Å². The molecule has 2 aliphatic rings. The van der Waals surface area contributed by atoms with E-state index in [0.717, 1.165) is 41.9 Å². The van der Waals surface area contributed by atoms with Crippen molar-refractivity contribution in [3.8, 4) is 11.5 Å². The molecule has 2 aromatic carbocycles. The third kappa shape index (κ3) is 4.58. The molecule has 3 heterocycles. The van der Waals surface area contributed by atoms with Crippen LogP contribution in [0.3, 0.4) is 0 Å². The van der Waals surface area contributed by atoms with Gasteiger partial charge in [-0.1, -0.05) is 18.2 Å². The monoisotopic (exact) mass is 486 g/mol. The minimum absolute atomic E-state index is 0.0207. The topological polar surface area (TPSA) is 50.7 Å². The predicted molar refractivity (Wildman–Crippen MR) is 128 cm³/mol. The predicted octanol–water partition coefficient (Wildman–Crippen LogP) is 5.38. The molecule has 0 amide bonds. The van der Waals surface area contributed by atoms with Gasteiger partial charge >= 0.3 is 6.18 Å². The summed E-state index contributed by atoms with van der Waals surface area (Å²) in [4.78, 5) is 2.36. The lowest BCUT2D eigenvalue weighted by atomic mass is 10.0. The summed E-state index contributed by atoms with van der Waals surface area (Å²) in [6, 6.07) is 13.7. The number of hydrogen-bond donors (Lipinski definition) is 2. The Kier molecular flexibility index (Phi) is 6.37. The van der Waals surface area contributed by atoms with Gasteiger partial charge < -0.3 is 19.4 Å². The highest BCUT2D eigenvalue weighted by atomic mass is 19.4. The van der Waals surface area contributed by atoms with Gasteiger partial charge in [-0.15, -0.1) is 0 Å². The lowest BCUT2D eigenvalue weighted by Crippen LogP contribution is -2.43. The van der Waals surface area contributed by atoms with Crippen molar-refractivity contribution < 1.29 is 22.6 Å². The van der Waals surface area contributed by atoms with E-state index in [9.17, 15) is 13.2 Å². The summed E-state index contributed by atoms with van der Waals surface area (Å²) in [6.45, 7) is 2.14. The van der Waals surface area contributed by atoms with Crippen LogP contribution in [-0.4, -0.2) is 36.9 Å². The number of nitrogens with one attached hydrogen (secondary N) is 2. The van der Waals surface area contributed by atoms with Crippen molar-refractivity contribution in [1.29, 1.82) is 0 Å². The fourth-order valence-corrected chi connectivity index (χ4v) is 5.21. The summed E-state index contributed by atoms with van der Waals surface area (Å²) in [7, 11) is 3.24. The van der Waals surface area contributed by atoms with Gasteiger partial charge in [-0.25, -0.2) is 0 Å². The number of alkyl halides is 3. The molecule has 0 spiro atoms. The summed E-state index contributed by atoms with van der Waals surface area (Å²) in [5.74, 6) is 2.42. The quantitative estimate of drug-likeness (QED) is 0.490. The maximum Gasteiger partial charge on any atom is 0.416 e. The van der Waals surface area contributed by atoms with Gasteiger partial charge in [0.2, 0.25) is 0 Å². The number of anilines is 1. The summed E-state index contributed by atoms with van der Waals surface area (Å²) in [6.07, 6.45) is -0.362. The maximum absolute atomic E-state index is 13.0. The van der Waals surface area contributed by atoms with Gasteiger partial charge in [-0.05, 0) is 54.3 Å². The second-order valence-corrected chi connectivity index (χ2v) is 8.91. The average molecular weight is 487 g/mol. The molecular weight excluding hydrogens is 457 g/mol. The highest BCUT2D eigenvalue weighted by molar-refractivity contribution is 5.51. The number of hydrogen-bond acceptors (Lipinski definition) is 5. The van der Waals surface area contributed by atoms with E-state index < -0.39 is 11.7 Å². The number of aromatic nitrogens is 1. The molecule has 1 saturated heterocycles. The Morgan fingerprint density at radius 3 is 2.49 bits per heavy atom. The lowest BCUT2D eigenvalue weighted by molar-refractivity contribution is -0.137. The number of fused-ring (bicyclic) bond motifs is 1. The molecule has 5 rings (SSSR count). The largest absolute Gasteiger partial charge is 0.493 e. The van der Waals surface area contributed by atoms with Crippen molar-refractivity contribution >= 4 is 5.82 Å². The van der Waals surface area contributed by atoms with Crippen LogP contribution in [0.4, 0.5) is 19.0 Å². The van der Waals surface area contributed by atoms with Gasteiger partial charge in [0.05, 0.1) is 32.6 Å². The SMILES string of the molecule is COc1ccc(Cn2ccc3c2NCNC3N2CCCC2c2ccc(C(F)(F)F)cc2)cc1OC. The Hall–Kier alpha value is -3.17. The first-order chi connectivity index (χ1) is 16.9. The Labute approximate surface area is 202 Å². The summed E-state index contributed by atoms with van der Waals surface area (Å²) >= 11 is 0. The Morgan fingerprint density at radius 1 is 1.00 bits per heavy atom. The number of nitrogens with zero attached hydrogens (tertiary/aromatic N) is 2. The standard InChI is InChI=1S/C26H29F3N4O2/c1-34-22-10-5-17(14-23(22)35-2)15-32-13-11-20-24(32)30-16-31-25(20)33-12-3-4-21(33)18-6-8-19(9-7-18)26(27,28)29/h5-11,13-14,21,25,30-31H,3-4,12,15-16H2,1-2H3. The summed E-state index contributed by atoms with van der Waals surface area (Å²) < 4.78 is 52.0. The molecule has 6 nitrogen and oxygen atoms in total. The average Bonchev–Trinajstić information content (AvgIpc) is 3.51. The highest BCUT2D eigenvalue weighted by Gasteiger charge is 2.36. The number of rotatable bonds is 6. The molecule has 1 fully saturated rings. The van der Waals surface area contributed by atoms with Crippen LogP contribution in [-0.2, 0) is 12.7 Å². The zero-order chi connectivity index (χ0) is 24.6. The number of benzene rings is 2. The molecule has 186 valence electrons. The molecule has 0 saturated carbocycles. The highest BCUT2D eigenvalue weighted by Crippen LogP contribution is 2.41.